The van der Waals surface area contributed by atoms with E-state index in [-0.39, 0.29) is 17.3 Å². The number of nitrogens with zero attached hydrogens (tertiary/aromatic N) is 2. The predicted molar refractivity (Wildman–Crippen MR) is 89.7 cm³/mol. The van der Waals surface area contributed by atoms with Crippen LogP contribution >= 0.6 is 0 Å². The van der Waals surface area contributed by atoms with Gasteiger partial charge < -0.3 is 20.8 Å². The molecule has 0 bridgehead atoms. The van der Waals surface area contributed by atoms with Crippen molar-refractivity contribution in [2.24, 2.45) is 0 Å². The molecule has 1 aromatic rings. The molecule has 0 aromatic carbocycles. The Hall–Kier alpha value is -2.58. The molecule has 2 rings (SSSR count). The number of rotatable bonds is 5. The molecule has 1 unspecified atom stereocenters. The number of allylic oxidation sites excluding steroid dienone is 1. The van der Waals surface area contributed by atoms with Crippen LogP contribution in [0.1, 0.15) is 32.8 Å². The Balaban J connectivity index is 2.11. The van der Waals surface area contributed by atoms with Crippen molar-refractivity contribution in [1.82, 2.24) is 9.97 Å². The molecule has 0 fully saturated rings. The van der Waals surface area contributed by atoms with Crippen LogP contribution in [0.5, 0.6) is 0 Å². The minimum Gasteiger partial charge on any atom is -0.406 e. The molecule has 0 radical (unpaired) electrons. The fourth-order valence-corrected chi connectivity index (χ4v) is 2.19. The van der Waals surface area contributed by atoms with Crippen molar-refractivity contribution in [2.75, 3.05) is 10.6 Å². The standard InChI is InChI=1S/C16H20F3N5O/c1-15(2,3)24-14-12(8-20)13(21-9-22-14)23-10-4-6-11(7-5-10)25-16(17,18)19/h4,6-10,20H,5H2,1-3H3,(H2,21,22,23,24). The van der Waals surface area contributed by atoms with Gasteiger partial charge in [-0.05, 0) is 39.3 Å². The van der Waals surface area contributed by atoms with Gasteiger partial charge in [-0.25, -0.2) is 9.97 Å². The molecular formula is C16H20F3N5O. The molecule has 3 N–H and O–H groups in total. The van der Waals surface area contributed by atoms with Crippen LogP contribution in [-0.2, 0) is 4.74 Å². The molecule has 6 nitrogen and oxygen atoms in total. The van der Waals surface area contributed by atoms with E-state index in [0.29, 0.717) is 23.6 Å². The minimum absolute atomic E-state index is 0.240. The Labute approximate surface area is 143 Å². The van der Waals surface area contributed by atoms with Gasteiger partial charge in [-0.3, -0.25) is 0 Å². The third-order valence-electron chi connectivity index (χ3n) is 3.14. The topological polar surface area (TPSA) is 82.9 Å². The molecular weight excluding hydrogens is 335 g/mol. The maximum atomic E-state index is 12.2. The summed E-state index contributed by atoms with van der Waals surface area (Å²) in [5.74, 6) is 0.701. The molecule has 136 valence electrons. The number of anilines is 2. The molecule has 25 heavy (non-hydrogen) atoms. The number of aromatic nitrogens is 2. The first-order chi connectivity index (χ1) is 11.6. The van der Waals surface area contributed by atoms with Crippen LogP contribution in [0.2, 0.25) is 0 Å². The van der Waals surface area contributed by atoms with Gasteiger partial charge in [-0.1, -0.05) is 6.08 Å². The molecule has 0 spiro atoms. The lowest BCUT2D eigenvalue weighted by atomic mass is 10.1. The van der Waals surface area contributed by atoms with E-state index in [1.807, 2.05) is 20.8 Å². The number of alkyl halides is 3. The molecule has 9 heteroatoms. The van der Waals surface area contributed by atoms with Crippen molar-refractivity contribution >= 4 is 17.9 Å². The van der Waals surface area contributed by atoms with Gasteiger partial charge in [0.05, 0.1) is 5.56 Å². The lowest BCUT2D eigenvalue weighted by Crippen LogP contribution is -2.28. The van der Waals surface area contributed by atoms with E-state index < -0.39 is 6.36 Å². The average molecular weight is 355 g/mol. The van der Waals surface area contributed by atoms with Crippen LogP contribution in [-0.4, -0.2) is 34.1 Å². The molecule has 1 aromatic heterocycles. The SMILES string of the molecule is CC(C)(C)Nc1ncnc(NC2C=CC(OC(F)(F)F)=CC2)c1C=N. The summed E-state index contributed by atoms with van der Waals surface area (Å²) in [7, 11) is 0. The van der Waals surface area contributed by atoms with Crippen LogP contribution in [0.15, 0.2) is 30.3 Å². The summed E-state index contributed by atoms with van der Waals surface area (Å²) in [6.45, 7) is 5.90. The number of hydrogen-bond acceptors (Lipinski definition) is 6. The molecule has 1 aliphatic rings. The normalized spacial score (nSPS) is 17.7. The summed E-state index contributed by atoms with van der Waals surface area (Å²) in [5.41, 5.74) is 0.230. The highest BCUT2D eigenvalue weighted by atomic mass is 19.4. The molecule has 0 amide bonds. The lowest BCUT2D eigenvalue weighted by molar-refractivity contribution is -0.303. The van der Waals surface area contributed by atoms with Gasteiger partial charge in [-0.15, -0.1) is 13.2 Å². The van der Waals surface area contributed by atoms with Crippen molar-refractivity contribution < 1.29 is 17.9 Å². The van der Waals surface area contributed by atoms with Gasteiger partial charge in [0, 0.05) is 17.8 Å². The minimum atomic E-state index is -4.70. The number of nitrogens with one attached hydrogen (secondary N) is 3. The van der Waals surface area contributed by atoms with Crippen LogP contribution in [0.3, 0.4) is 0 Å². The Bertz CT molecular complexity index is 692. The second kappa shape index (κ2) is 7.12. The van der Waals surface area contributed by atoms with Crippen molar-refractivity contribution in [3.8, 4) is 0 Å². The Morgan fingerprint density at radius 1 is 1.24 bits per heavy atom. The molecule has 1 aliphatic carbocycles. The zero-order valence-electron chi connectivity index (χ0n) is 14.1. The highest BCUT2D eigenvalue weighted by Crippen LogP contribution is 2.26. The molecule has 1 atom stereocenters. The average Bonchev–Trinajstić information content (AvgIpc) is 2.46. The van der Waals surface area contributed by atoms with Gasteiger partial charge in [0.2, 0.25) is 0 Å². The van der Waals surface area contributed by atoms with Crippen LogP contribution in [0.25, 0.3) is 0 Å². The maximum absolute atomic E-state index is 12.2. The van der Waals surface area contributed by atoms with E-state index in [1.54, 1.807) is 6.08 Å². The van der Waals surface area contributed by atoms with E-state index >= 15 is 0 Å². The van der Waals surface area contributed by atoms with E-state index in [9.17, 15) is 13.2 Å². The van der Waals surface area contributed by atoms with E-state index in [0.717, 1.165) is 6.21 Å². The number of ether oxygens (including phenoxy) is 1. The summed E-state index contributed by atoms with van der Waals surface area (Å²) >= 11 is 0. The first-order valence-electron chi connectivity index (χ1n) is 7.62. The first-order valence-corrected chi connectivity index (χ1v) is 7.62. The molecule has 0 aliphatic heterocycles. The Morgan fingerprint density at radius 3 is 2.44 bits per heavy atom. The maximum Gasteiger partial charge on any atom is 0.573 e. The summed E-state index contributed by atoms with van der Waals surface area (Å²) in [6, 6.07) is -0.267. The summed E-state index contributed by atoms with van der Waals surface area (Å²) in [6.07, 6.45) is 2.27. The van der Waals surface area contributed by atoms with Gasteiger partial charge >= 0.3 is 6.36 Å². The molecule has 1 heterocycles. The zero-order chi connectivity index (χ0) is 18.7. The highest BCUT2D eigenvalue weighted by Gasteiger charge is 2.32. The molecule has 0 saturated heterocycles. The van der Waals surface area contributed by atoms with E-state index in [2.05, 4.69) is 25.3 Å². The third kappa shape index (κ3) is 5.77. The van der Waals surface area contributed by atoms with Gasteiger partial charge in [0.15, 0.2) is 0 Å². The highest BCUT2D eigenvalue weighted by molar-refractivity contribution is 5.90. The molecule has 0 saturated carbocycles. The van der Waals surface area contributed by atoms with Crippen molar-refractivity contribution in [3.05, 3.63) is 35.9 Å². The van der Waals surface area contributed by atoms with Gasteiger partial charge in [0.1, 0.15) is 23.7 Å². The Morgan fingerprint density at radius 2 is 1.92 bits per heavy atom. The largest absolute Gasteiger partial charge is 0.573 e. The van der Waals surface area contributed by atoms with Crippen LogP contribution in [0.4, 0.5) is 24.8 Å². The zero-order valence-corrected chi connectivity index (χ0v) is 14.1. The van der Waals surface area contributed by atoms with E-state index in [1.165, 1.54) is 18.5 Å². The van der Waals surface area contributed by atoms with Crippen molar-refractivity contribution in [3.63, 3.8) is 0 Å². The number of hydrogen-bond donors (Lipinski definition) is 3. The second-order valence-corrected chi connectivity index (χ2v) is 6.50. The quantitative estimate of drug-likeness (QED) is 0.699. The predicted octanol–water partition coefficient (Wildman–Crippen LogP) is 3.85. The summed E-state index contributed by atoms with van der Waals surface area (Å²) in [5, 5.41) is 13.9. The Kier molecular flexibility index (Phi) is 5.34. The van der Waals surface area contributed by atoms with Crippen LogP contribution in [0, 0.1) is 5.41 Å². The first kappa shape index (κ1) is 18.8. The van der Waals surface area contributed by atoms with Crippen molar-refractivity contribution in [2.45, 2.75) is 45.1 Å². The van der Waals surface area contributed by atoms with Crippen LogP contribution < -0.4 is 10.6 Å². The number of halogens is 3. The van der Waals surface area contributed by atoms with Gasteiger partial charge in [-0.2, -0.15) is 0 Å². The third-order valence-corrected chi connectivity index (χ3v) is 3.14. The fourth-order valence-electron chi connectivity index (χ4n) is 2.19. The second-order valence-electron chi connectivity index (χ2n) is 6.50. The monoisotopic (exact) mass is 355 g/mol. The smallest absolute Gasteiger partial charge is 0.406 e. The lowest BCUT2D eigenvalue weighted by Gasteiger charge is -2.24. The van der Waals surface area contributed by atoms with E-state index in [4.69, 9.17) is 5.41 Å². The van der Waals surface area contributed by atoms with Gasteiger partial charge in [0.25, 0.3) is 0 Å². The summed E-state index contributed by atoms with van der Waals surface area (Å²) < 4.78 is 40.5. The van der Waals surface area contributed by atoms with Crippen molar-refractivity contribution in [1.29, 1.82) is 5.41 Å². The summed E-state index contributed by atoms with van der Waals surface area (Å²) in [4.78, 5) is 8.29. The fraction of sp³-hybridized carbons (Fsp3) is 0.438.